The number of nitrogens with two attached hydrogens (primary N) is 1. The first-order valence-corrected chi connectivity index (χ1v) is 27.1. The molecule has 8 N–H and O–H groups in total. The minimum atomic E-state index is -1.45. The van der Waals surface area contributed by atoms with Crippen LogP contribution in [0.4, 0.5) is 9.59 Å². The Bertz CT molecular complexity index is 2390. The highest BCUT2D eigenvalue weighted by atomic mass is 16.6. The second-order valence-electron chi connectivity index (χ2n) is 21.6. The summed E-state index contributed by atoms with van der Waals surface area (Å²) in [6.07, 6.45) is 2.05. The van der Waals surface area contributed by atoms with Crippen molar-refractivity contribution in [3.63, 3.8) is 0 Å². The molecule has 0 spiro atoms. The van der Waals surface area contributed by atoms with E-state index in [2.05, 4.69) is 26.6 Å². The number of ether oxygens (including phenoxy) is 2. The third kappa shape index (κ3) is 19.4. The first-order chi connectivity index (χ1) is 37.7. The predicted molar refractivity (Wildman–Crippen MR) is 287 cm³/mol. The Labute approximate surface area is 466 Å². The lowest BCUT2D eigenvalue weighted by Gasteiger charge is -2.38. The normalized spacial score (nSPS) is 18.5. The van der Waals surface area contributed by atoms with Crippen molar-refractivity contribution in [1.82, 2.24) is 56.0 Å². The lowest BCUT2D eigenvalue weighted by molar-refractivity contribution is -0.153. The first-order valence-electron chi connectivity index (χ1n) is 27.1. The maximum atomic E-state index is 14.4. The molecule has 11 amide bonds. The number of alkyl carbamates (subject to hydrolysis) is 2. The Morgan fingerprint density at radius 2 is 1.15 bits per heavy atom. The molecule has 4 rings (SSSR count). The summed E-state index contributed by atoms with van der Waals surface area (Å²) in [5.74, 6) is -7.57. The van der Waals surface area contributed by atoms with Gasteiger partial charge in [-0.1, -0.05) is 44.2 Å². The molecule has 1 aromatic rings. The molecule has 27 nitrogen and oxygen atoms in total. The van der Waals surface area contributed by atoms with Crippen LogP contribution in [0.25, 0.3) is 0 Å². The molecule has 3 heterocycles. The molecule has 0 saturated carbocycles. The molecule has 0 unspecified atom stereocenters. The topological polar surface area (TPSA) is 349 Å². The number of nitrogens with one attached hydrogen (secondary N) is 5. The number of rotatable bonds is 23. The summed E-state index contributed by atoms with van der Waals surface area (Å²) in [6.45, 7) is 5.80. The van der Waals surface area contributed by atoms with E-state index in [1.807, 2.05) is 0 Å². The van der Waals surface area contributed by atoms with Crippen molar-refractivity contribution in [3.8, 4) is 0 Å². The summed E-state index contributed by atoms with van der Waals surface area (Å²) in [5, 5.41) is 22.8. The van der Waals surface area contributed by atoms with Gasteiger partial charge in [0.15, 0.2) is 0 Å². The largest absolute Gasteiger partial charge is 0.480 e. The van der Waals surface area contributed by atoms with E-state index in [-0.39, 0.29) is 52.2 Å². The Balaban J connectivity index is 1.39. The van der Waals surface area contributed by atoms with Crippen molar-refractivity contribution in [3.05, 3.63) is 35.9 Å². The lowest BCUT2D eigenvalue weighted by atomic mass is 9.99. The van der Waals surface area contributed by atoms with Crippen molar-refractivity contribution in [2.75, 3.05) is 80.0 Å². The molecule has 444 valence electrons. The van der Waals surface area contributed by atoms with Crippen molar-refractivity contribution in [1.29, 1.82) is 0 Å². The van der Waals surface area contributed by atoms with Crippen LogP contribution < -0.4 is 32.3 Å². The van der Waals surface area contributed by atoms with Gasteiger partial charge in [0.2, 0.25) is 53.2 Å². The summed E-state index contributed by atoms with van der Waals surface area (Å²) in [7, 11) is 4.09. The van der Waals surface area contributed by atoms with E-state index >= 15 is 0 Å². The Hall–Kier alpha value is -7.58. The van der Waals surface area contributed by atoms with Crippen LogP contribution in [0.1, 0.15) is 98.0 Å². The zero-order valence-electron chi connectivity index (χ0n) is 47.3. The summed E-state index contributed by atoms with van der Waals surface area (Å²) >= 11 is 0. The number of amides is 11. The maximum absolute atomic E-state index is 14.4. The van der Waals surface area contributed by atoms with E-state index in [4.69, 9.17) is 15.2 Å². The van der Waals surface area contributed by atoms with Crippen molar-refractivity contribution >= 4 is 71.3 Å². The van der Waals surface area contributed by atoms with Gasteiger partial charge in [-0.25, -0.2) is 14.4 Å². The van der Waals surface area contributed by atoms with Gasteiger partial charge in [-0.2, -0.15) is 0 Å². The molecule has 3 aliphatic heterocycles. The molecule has 0 radical (unpaired) electrons. The van der Waals surface area contributed by atoms with Gasteiger partial charge in [0.1, 0.15) is 48.5 Å². The third-order valence-electron chi connectivity index (χ3n) is 13.9. The fraction of sp³-hybridized carbons (Fsp3) is 0.660. The molecule has 0 bridgehead atoms. The fourth-order valence-corrected chi connectivity index (χ4v) is 9.64. The number of carboxylic acid groups (broad SMARTS) is 1. The summed E-state index contributed by atoms with van der Waals surface area (Å²) in [5.41, 5.74) is 5.14. The minimum Gasteiger partial charge on any atom is -0.480 e. The average Bonchev–Trinajstić information content (AvgIpc) is 3.44. The van der Waals surface area contributed by atoms with Gasteiger partial charge in [-0.3, -0.25) is 43.2 Å². The number of carboxylic acids is 1. The van der Waals surface area contributed by atoms with Crippen molar-refractivity contribution in [2.45, 2.75) is 141 Å². The average molecular weight is 1130 g/mol. The van der Waals surface area contributed by atoms with Crippen LogP contribution in [0.2, 0.25) is 0 Å². The van der Waals surface area contributed by atoms with E-state index in [0.29, 0.717) is 50.5 Å². The molecule has 3 fully saturated rings. The minimum absolute atomic E-state index is 0.0784. The molecule has 80 heavy (non-hydrogen) atoms. The molecule has 1 aromatic carbocycles. The van der Waals surface area contributed by atoms with Gasteiger partial charge in [-0.05, 0) is 90.0 Å². The van der Waals surface area contributed by atoms with Gasteiger partial charge in [0.05, 0.1) is 26.2 Å². The van der Waals surface area contributed by atoms with Crippen LogP contribution in [0.3, 0.4) is 0 Å². The predicted octanol–water partition coefficient (Wildman–Crippen LogP) is -0.890. The fourth-order valence-electron chi connectivity index (χ4n) is 9.64. The smallest absolute Gasteiger partial charge is 0.408 e. The standard InChI is InChI=1S/C53H82N12O15/c1-33(2)44(47(72)56-28-35(49(74)65-25-17-14-22-39(65)50(75)76)58-51(77)79-32-34-18-10-9-11-19-34)62(8)42(68)30-61(7)41(67)29-57-46(71)38-21-13-16-24-64(38)48(73)36(59-52(78)80-53(3,4)5)27-55-45(70)37-20-12-15-23-63(37)43(69)31-60(6)40(66)26-54/h9-11,18-19,33,35-39,44H,12-17,20-32,54H2,1-8H3,(H,55,70)(H,56,72)(H,57,71)(H,58,77)(H,59,78)(H,75,76)/t35-,36-,37+,38+,39+,44+/m1/s1. The van der Waals surface area contributed by atoms with E-state index in [9.17, 15) is 62.6 Å². The molecule has 27 heteroatoms. The molecule has 6 atom stereocenters. The summed E-state index contributed by atoms with van der Waals surface area (Å²) in [6, 6.07) is 1.47. The molecule has 3 aliphatic rings. The Morgan fingerprint density at radius 1 is 0.650 bits per heavy atom. The second-order valence-corrected chi connectivity index (χ2v) is 21.6. The van der Waals surface area contributed by atoms with Crippen molar-refractivity contribution < 1.29 is 72.1 Å². The number of likely N-dealkylation sites (tertiary alicyclic amines) is 3. The van der Waals surface area contributed by atoms with Gasteiger partial charge < -0.3 is 76.3 Å². The number of likely N-dealkylation sites (N-methyl/N-ethyl adjacent to an activating group) is 3. The molecule has 3 saturated heterocycles. The number of carbonyl (C=O) groups excluding carboxylic acids is 11. The number of piperidine rings is 3. The quantitative estimate of drug-likeness (QED) is 0.0699. The molecule has 0 aliphatic carbocycles. The monoisotopic (exact) mass is 1130 g/mol. The SMILES string of the molecule is CC(C)[C@@H](C(=O)NC[C@@H](NC(=O)OCc1ccccc1)C(=O)N1CCCC[C@H]1C(=O)O)N(C)C(=O)CN(C)C(=O)CNC(=O)[C@@H]1CCCCN1C(=O)[C@@H](CNC(=O)[C@@H]1CCCCN1C(=O)CN(C)C(=O)CN)NC(=O)OC(C)(C)C. The number of nitrogens with zero attached hydrogens (tertiary/aromatic N) is 6. The molecular weight excluding hydrogens is 1040 g/mol. The van der Waals surface area contributed by atoms with E-state index in [0.717, 1.165) is 14.7 Å². The third-order valence-corrected chi connectivity index (χ3v) is 13.9. The maximum Gasteiger partial charge on any atom is 0.408 e. The van der Waals surface area contributed by atoms with E-state index in [1.165, 1.54) is 35.8 Å². The Kier molecular flexibility index (Phi) is 24.9. The highest BCUT2D eigenvalue weighted by molar-refractivity contribution is 5.96. The van der Waals surface area contributed by atoms with Gasteiger partial charge in [-0.15, -0.1) is 0 Å². The molecule has 0 aromatic heterocycles. The molecular formula is C53H82N12O15. The van der Waals surface area contributed by atoms with Crippen LogP contribution in [0.15, 0.2) is 30.3 Å². The zero-order chi connectivity index (χ0) is 59.4. The summed E-state index contributed by atoms with van der Waals surface area (Å²) in [4.78, 5) is 168. The lowest BCUT2D eigenvalue weighted by Crippen LogP contribution is -2.61. The van der Waals surface area contributed by atoms with Crippen LogP contribution >= 0.6 is 0 Å². The summed E-state index contributed by atoms with van der Waals surface area (Å²) < 4.78 is 10.8. The van der Waals surface area contributed by atoms with E-state index in [1.54, 1.807) is 65.0 Å². The Morgan fingerprint density at radius 3 is 1.70 bits per heavy atom. The van der Waals surface area contributed by atoms with Gasteiger partial charge in [0.25, 0.3) is 0 Å². The number of aliphatic carboxylic acids is 1. The number of benzene rings is 1. The van der Waals surface area contributed by atoms with Gasteiger partial charge >= 0.3 is 18.2 Å². The number of carbonyl (C=O) groups is 12. The highest BCUT2D eigenvalue weighted by Crippen LogP contribution is 2.22. The van der Waals surface area contributed by atoms with Crippen LogP contribution in [-0.2, 0) is 64.0 Å². The van der Waals surface area contributed by atoms with Crippen LogP contribution in [0.5, 0.6) is 0 Å². The van der Waals surface area contributed by atoms with E-state index < -0.39 is 145 Å². The van der Waals surface area contributed by atoms with Crippen molar-refractivity contribution in [2.24, 2.45) is 11.7 Å². The van der Waals surface area contributed by atoms with Crippen LogP contribution in [-0.4, -0.2) is 228 Å². The van der Waals surface area contributed by atoms with Gasteiger partial charge in [0, 0.05) is 53.9 Å². The first kappa shape index (κ1) is 64.9. The second kappa shape index (κ2) is 30.7. The number of hydrogen-bond acceptors (Lipinski definition) is 15. The number of hydrogen-bond donors (Lipinski definition) is 7. The van der Waals surface area contributed by atoms with Crippen LogP contribution in [0, 0.1) is 5.92 Å². The highest BCUT2D eigenvalue weighted by Gasteiger charge is 2.41. The zero-order valence-corrected chi connectivity index (χ0v) is 47.3.